The van der Waals surface area contributed by atoms with E-state index in [4.69, 9.17) is 4.42 Å². The number of H-pyrrole nitrogens is 1. The number of para-hydroxylation sites is 1. The van der Waals surface area contributed by atoms with Gasteiger partial charge in [-0.15, -0.1) is 0 Å². The zero-order chi connectivity index (χ0) is 14.2. The van der Waals surface area contributed by atoms with Gasteiger partial charge in [-0.3, -0.25) is 4.98 Å². The molecule has 0 amide bonds. The zero-order valence-electron chi connectivity index (χ0n) is 10.9. The predicted molar refractivity (Wildman–Crippen MR) is 78.7 cm³/mol. The van der Waals surface area contributed by atoms with Crippen LogP contribution in [-0.4, -0.2) is 15.2 Å². The van der Waals surface area contributed by atoms with Gasteiger partial charge in [0.1, 0.15) is 16.6 Å². The monoisotopic (exact) mass is 277 g/mol. The fourth-order valence-electron chi connectivity index (χ4n) is 2.41. The molecule has 5 nitrogen and oxygen atoms in total. The molecule has 102 valence electrons. The summed E-state index contributed by atoms with van der Waals surface area (Å²) in [4.78, 5) is 7.48. The highest BCUT2D eigenvalue weighted by Gasteiger charge is 2.08. The molecule has 1 aromatic carbocycles. The minimum absolute atomic E-state index is 0.461. The first-order valence-electron chi connectivity index (χ1n) is 6.50. The normalized spacial score (nSPS) is 12.3. The summed E-state index contributed by atoms with van der Waals surface area (Å²) in [6, 6.07) is 13.0. The van der Waals surface area contributed by atoms with E-state index in [-0.39, 0.29) is 0 Å². The highest BCUT2D eigenvalue weighted by molar-refractivity contribution is 5.83. The van der Waals surface area contributed by atoms with Gasteiger partial charge in [0.05, 0.1) is 11.7 Å². The number of nitrogens with one attached hydrogen (secondary N) is 1. The van der Waals surface area contributed by atoms with Crippen molar-refractivity contribution in [2.45, 2.75) is 0 Å². The van der Waals surface area contributed by atoms with Crippen LogP contribution in [0.5, 0.6) is 0 Å². The smallest absolute Gasteiger partial charge is 0.155 e. The van der Waals surface area contributed by atoms with E-state index in [0.29, 0.717) is 22.4 Å². The predicted octanol–water partition coefficient (Wildman–Crippen LogP) is 3.27. The maximum atomic E-state index is 9.20. The van der Waals surface area contributed by atoms with Crippen LogP contribution < -0.4 is 5.36 Å². The fourth-order valence-corrected chi connectivity index (χ4v) is 2.41. The molecule has 0 saturated heterocycles. The molecule has 0 aliphatic carbocycles. The molecule has 4 rings (SSSR count). The highest BCUT2D eigenvalue weighted by Crippen LogP contribution is 2.23. The van der Waals surface area contributed by atoms with Gasteiger partial charge >= 0.3 is 0 Å². The molecular formula is C16H11N3O2. The largest absolute Gasteiger partial charge is 0.454 e. The van der Waals surface area contributed by atoms with Crippen LogP contribution in [-0.2, 0) is 0 Å². The van der Waals surface area contributed by atoms with Gasteiger partial charge in [-0.2, -0.15) is 0 Å². The standard InChI is InChI=1S/C16H11N3O2/c20-19-12-8-16(21-15-4-2-1-3-11(12)15)13-7-10-5-6-17-14(10)9-18-13/h1-9,17,20H/b19-12-. The highest BCUT2D eigenvalue weighted by atomic mass is 16.4. The van der Waals surface area contributed by atoms with Crippen LogP contribution >= 0.6 is 0 Å². The second kappa shape index (κ2) is 4.49. The van der Waals surface area contributed by atoms with E-state index in [1.165, 1.54) is 0 Å². The van der Waals surface area contributed by atoms with Crippen LogP contribution in [0.4, 0.5) is 0 Å². The summed E-state index contributed by atoms with van der Waals surface area (Å²) in [5.74, 6) is 0.560. The molecule has 2 N–H and O–H groups in total. The summed E-state index contributed by atoms with van der Waals surface area (Å²) in [6.45, 7) is 0. The van der Waals surface area contributed by atoms with E-state index in [2.05, 4.69) is 15.1 Å². The van der Waals surface area contributed by atoms with Crippen molar-refractivity contribution in [1.29, 1.82) is 0 Å². The van der Waals surface area contributed by atoms with E-state index < -0.39 is 0 Å². The molecule has 0 atom stereocenters. The first-order valence-corrected chi connectivity index (χ1v) is 6.50. The first-order chi connectivity index (χ1) is 10.3. The van der Waals surface area contributed by atoms with Gasteiger partial charge in [-0.1, -0.05) is 17.3 Å². The minimum Gasteiger partial charge on any atom is -0.454 e. The minimum atomic E-state index is 0.461. The number of fused-ring (bicyclic) bond motifs is 2. The van der Waals surface area contributed by atoms with E-state index in [1.54, 1.807) is 12.3 Å². The Kier molecular flexibility index (Phi) is 2.50. The van der Waals surface area contributed by atoms with Crippen LogP contribution in [0.1, 0.15) is 0 Å². The first kappa shape index (κ1) is 11.7. The van der Waals surface area contributed by atoms with Crippen molar-refractivity contribution in [3.63, 3.8) is 0 Å². The molecule has 0 spiro atoms. The molecule has 0 bridgehead atoms. The summed E-state index contributed by atoms with van der Waals surface area (Å²) in [5.41, 5.74) is 2.31. The molecule has 21 heavy (non-hydrogen) atoms. The summed E-state index contributed by atoms with van der Waals surface area (Å²) in [6.07, 6.45) is 3.62. The number of rotatable bonds is 1. The van der Waals surface area contributed by atoms with Crippen LogP contribution in [0.2, 0.25) is 0 Å². The summed E-state index contributed by atoms with van der Waals surface area (Å²) < 4.78 is 5.87. The lowest BCUT2D eigenvalue weighted by atomic mass is 10.2. The molecule has 3 heterocycles. The molecule has 5 heteroatoms. The third-order valence-electron chi connectivity index (χ3n) is 3.45. The molecule has 4 aromatic rings. The zero-order valence-corrected chi connectivity index (χ0v) is 10.9. The molecule has 0 fully saturated rings. The topological polar surface area (TPSA) is 74.4 Å². The van der Waals surface area contributed by atoms with Crippen LogP contribution in [0.15, 0.2) is 64.4 Å². The maximum absolute atomic E-state index is 9.20. The maximum Gasteiger partial charge on any atom is 0.155 e. The Balaban J connectivity index is 2.01. The Bertz CT molecular complexity index is 1010. The molecule has 0 radical (unpaired) electrons. The van der Waals surface area contributed by atoms with Crippen LogP contribution in [0, 0.1) is 0 Å². The van der Waals surface area contributed by atoms with Gasteiger partial charge in [0, 0.05) is 23.0 Å². The number of hydrogen-bond acceptors (Lipinski definition) is 4. The van der Waals surface area contributed by atoms with Crippen molar-refractivity contribution in [1.82, 2.24) is 9.97 Å². The Labute approximate surface area is 119 Å². The third-order valence-corrected chi connectivity index (χ3v) is 3.45. The van der Waals surface area contributed by atoms with Crippen LogP contribution in [0.3, 0.4) is 0 Å². The van der Waals surface area contributed by atoms with E-state index in [0.717, 1.165) is 16.3 Å². The Morgan fingerprint density at radius 3 is 2.95 bits per heavy atom. The third kappa shape index (κ3) is 1.87. The Morgan fingerprint density at radius 2 is 2.05 bits per heavy atom. The molecule has 0 unspecified atom stereocenters. The van der Waals surface area contributed by atoms with Crippen molar-refractivity contribution in [3.8, 4) is 11.5 Å². The van der Waals surface area contributed by atoms with Crippen molar-refractivity contribution in [2.24, 2.45) is 5.16 Å². The summed E-state index contributed by atoms with van der Waals surface area (Å²) >= 11 is 0. The van der Waals surface area contributed by atoms with Gasteiger partial charge in [0.15, 0.2) is 5.76 Å². The second-order valence-corrected chi connectivity index (χ2v) is 4.73. The quantitative estimate of drug-likeness (QED) is 0.414. The summed E-state index contributed by atoms with van der Waals surface area (Å²) in [7, 11) is 0. The lowest BCUT2D eigenvalue weighted by Gasteiger charge is -2.03. The lowest BCUT2D eigenvalue weighted by molar-refractivity contribution is 0.302. The van der Waals surface area contributed by atoms with Gasteiger partial charge in [-0.05, 0) is 24.3 Å². The van der Waals surface area contributed by atoms with E-state index >= 15 is 0 Å². The van der Waals surface area contributed by atoms with Gasteiger partial charge in [0.25, 0.3) is 0 Å². The number of nitrogens with zero attached hydrogens (tertiary/aromatic N) is 2. The lowest BCUT2D eigenvalue weighted by Crippen LogP contribution is -2.03. The van der Waals surface area contributed by atoms with E-state index in [1.807, 2.05) is 42.6 Å². The SMILES string of the molecule is O/N=c1/cc(-c2cc3cc[nH]c3cn2)oc2ccccc12. The van der Waals surface area contributed by atoms with Gasteiger partial charge in [0.2, 0.25) is 0 Å². The number of aromatic amines is 1. The van der Waals surface area contributed by atoms with Crippen molar-refractivity contribution < 1.29 is 9.62 Å². The molecular weight excluding hydrogens is 266 g/mol. The second-order valence-electron chi connectivity index (χ2n) is 4.73. The van der Waals surface area contributed by atoms with Crippen molar-refractivity contribution >= 4 is 21.9 Å². The molecule has 0 saturated carbocycles. The average Bonchev–Trinajstić information content (AvgIpc) is 3.01. The molecule has 0 aliphatic heterocycles. The molecule has 3 aromatic heterocycles. The van der Waals surface area contributed by atoms with Gasteiger partial charge < -0.3 is 14.6 Å². The van der Waals surface area contributed by atoms with Crippen molar-refractivity contribution in [3.05, 3.63) is 60.2 Å². The average molecular weight is 277 g/mol. The van der Waals surface area contributed by atoms with Gasteiger partial charge in [-0.25, -0.2) is 0 Å². The van der Waals surface area contributed by atoms with E-state index in [9.17, 15) is 5.21 Å². The fraction of sp³-hybridized carbons (Fsp3) is 0. The Morgan fingerprint density at radius 1 is 1.14 bits per heavy atom. The number of benzene rings is 1. The number of aromatic nitrogens is 2. The summed E-state index contributed by atoms with van der Waals surface area (Å²) in [5, 5.41) is 14.8. The molecule has 0 aliphatic rings. The number of pyridine rings is 1. The Hall–Kier alpha value is -3.08. The number of hydrogen-bond donors (Lipinski definition) is 2. The van der Waals surface area contributed by atoms with Crippen LogP contribution in [0.25, 0.3) is 33.3 Å². The van der Waals surface area contributed by atoms with Crippen molar-refractivity contribution in [2.75, 3.05) is 0 Å².